The molecule has 0 bridgehead atoms. The van der Waals surface area contributed by atoms with E-state index in [4.69, 9.17) is 47.4 Å². The molecule has 528 valence electrons. The second-order valence-electron chi connectivity index (χ2n) is 23.7. The Hall–Kier alpha value is -3.42. The zero-order valence-electron chi connectivity index (χ0n) is 51.5. The van der Waals surface area contributed by atoms with Gasteiger partial charge in [-0.1, -0.05) is 83.3 Å². The Labute approximate surface area is 525 Å². The average molecular weight is 1320 g/mol. The van der Waals surface area contributed by atoms with Crippen molar-refractivity contribution in [2.24, 2.45) is 0 Å². The van der Waals surface area contributed by atoms with Crippen LogP contribution in [0.2, 0.25) is 0 Å². The molecule has 0 unspecified atom stereocenters. The molecule has 0 aromatic carbocycles. The highest BCUT2D eigenvalue weighted by Crippen LogP contribution is 2.38. The van der Waals surface area contributed by atoms with E-state index < -0.39 is 241 Å². The van der Waals surface area contributed by atoms with Crippen molar-refractivity contribution in [3.05, 3.63) is 12.2 Å². The fourth-order valence-electron chi connectivity index (χ4n) is 11.5. The number of allylic oxidation sites excluding steroid dienone is 1. The van der Waals surface area contributed by atoms with Gasteiger partial charge in [-0.05, 0) is 12.8 Å². The molecule has 0 aromatic rings. The van der Waals surface area contributed by atoms with Crippen molar-refractivity contribution in [1.29, 1.82) is 0 Å². The minimum absolute atomic E-state index is 0.481. The first-order valence-corrected chi connectivity index (χ1v) is 31.0. The molecule has 91 heavy (non-hydrogen) atoms. The van der Waals surface area contributed by atoms with Gasteiger partial charge in [0.15, 0.2) is 25.2 Å². The Balaban J connectivity index is 1.33. The number of aliphatic hydroxyl groups is 16. The molecule has 0 radical (unpaired) electrons. The van der Waals surface area contributed by atoms with E-state index in [1.807, 2.05) is 0 Å². The third-order valence-electron chi connectivity index (χ3n) is 16.6. The fraction of sp³-hybridized carbons (Fsp3) is 0.895. The molecule has 34 heteroatoms. The van der Waals surface area contributed by atoms with Crippen molar-refractivity contribution in [2.75, 3.05) is 39.6 Å². The first kappa shape index (κ1) is 78.3. The zero-order valence-corrected chi connectivity index (χ0v) is 51.5. The van der Waals surface area contributed by atoms with Crippen LogP contribution in [-0.4, -0.2) is 321 Å². The summed E-state index contributed by atoms with van der Waals surface area (Å²) >= 11 is 0. The van der Waals surface area contributed by atoms with E-state index in [9.17, 15) is 106 Å². The van der Waals surface area contributed by atoms with Crippen molar-refractivity contribution in [3.8, 4) is 0 Å². The van der Waals surface area contributed by atoms with Gasteiger partial charge in [0, 0.05) is 27.2 Å². The van der Waals surface area contributed by atoms with E-state index in [1.54, 1.807) is 6.08 Å². The Morgan fingerprint density at radius 2 is 1.04 bits per heavy atom. The van der Waals surface area contributed by atoms with Crippen LogP contribution in [0.25, 0.3) is 0 Å². The Morgan fingerprint density at radius 1 is 0.560 bits per heavy atom. The molecule has 0 aliphatic carbocycles. The molecule has 0 aromatic heterocycles. The maximum Gasteiger partial charge on any atom is 0.364 e. The lowest BCUT2D eigenvalue weighted by Crippen LogP contribution is -2.71. The quantitative estimate of drug-likeness (QED) is 0.0205. The molecule has 5 fully saturated rings. The Morgan fingerprint density at radius 3 is 1.57 bits per heavy atom. The van der Waals surface area contributed by atoms with Crippen LogP contribution < -0.4 is 16.0 Å². The molecule has 5 aliphatic rings. The van der Waals surface area contributed by atoms with Crippen molar-refractivity contribution in [1.82, 2.24) is 16.0 Å². The summed E-state index contributed by atoms with van der Waals surface area (Å²) in [7, 11) is 0. The molecule has 5 heterocycles. The summed E-state index contributed by atoms with van der Waals surface area (Å²) in [5.74, 6) is -7.36. The summed E-state index contributed by atoms with van der Waals surface area (Å²) in [5.41, 5.74) is 0. The van der Waals surface area contributed by atoms with Gasteiger partial charge in [0.2, 0.25) is 17.7 Å². The third kappa shape index (κ3) is 21.3. The lowest BCUT2D eigenvalue weighted by atomic mass is 9.88. The van der Waals surface area contributed by atoms with Gasteiger partial charge in [0.05, 0.1) is 63.9 Å². The second-order valence-corrected chi connectivity index (χ2v) is 23.7. The molecule has 5 aliphatic heterocycles. The molecule has 0 saturated carbocycles. The minimum Gasteiger partial charge on any atom is -0.477 e. The number of ether oxygens (including phenoxy) is 10. The van der Waals surface area contributed by atoms with Crippen molar-refractivity contribution in [2.45, 2.75) is 282 Å². The molecule has 5 rings (SSSR count). The van der Waals surface area contributed by atoms with Gasteiger partial charge in [0.1, 0.15) is 116 Å². The summed E-state index contributed by atoms with van der Waals surface area (Å²) < 4.78 is 58.3. The number of nitrogens with one attached hydrogen (secondary N) is 3. The summed E-state index contributed by atoms with van der Waals surface area (Å²) in [6.07, 6.45) is -32.0. The number of unbranched alkanes of at least 4 members (excludes halogenated alkanes) is 11. The van der Waals surface area contributed by atoms with E-state index in [-0.39, 0.29) is 0 Å². The number of carboxylic acid groups (broad SMARTS) is 1. The van der Waals surface area contributed by atoms with Crippen LogP contribution in [0.15, 0.2) is 12.2 Å². The highest BCUT2D eigenvalue weighted by atomic mass is 16.8. The molecule has 34 nitrogen and oxygen atoms in total. The van der Waals surface area contributed by atoms with Crippen LogP contribution in [-0.2, 0) is 66.5 Å². The van der Waals surface area contributed by atoms with Crippen LogP contribution in [0.1, 0.15) is 111 Å². The predicted octanol–water partition coefficient (Wildman–Crippen LogP) is -7.28. The minimum atomic E-state index is -3.08. The number of amides is 3. The summed E-state index contributed by atoms with van der Waals surface area (Å²) in [4.78, 5) is 50.4. The van der Waals surface area contributed by atoms with Crippen LogP contribution in [0.5, 0.6) is 0 Å². The van der Waals surface area contributed by atoms with Crippen molar-refractivity contribution >= 4 is 23.7 Å². The van der Waals surface area contributed by atoms with Crippen LogP contribution >= 0.6 is 0 Å². The summed E-state index contributed by atoms with van der Waals surface area (Å²) in [6.45, 7) is -0.484. The topological polar surface area (TPSA) is 541 Å². The molecule has 20 N–H and O–H groups in total. The van der Waals surface area contributed by atoms with Crippen molar-refractivity contribution < 1.29 is 153 Å². The monoisotopic (exact) mass is 1320 g/mol. The molecular weight excluding hydrogens is 1220 g/mol. The predicted molar refractivity (Wildman–Crippen MR) is 304 cm³/mol. The van der Waals surface area contributed by atoms with E-state index in [0.717, 1.165) is 39.5 Å². The van der Waals surface area contributed by atoms with Gasteiger partial charge in [-0.2, -0.15) is 0 Å². The molecular formula is C57H99N3O31. The van der Waals surface area contributed by atoms with Crippen LogP contribution in [0, 0.1) is 0 Å². The number of carbonyl (C=O) groups excluding carboxylic acids is 3. The maximum atomic E-state index is 13.1. The summed E-state index contributed by atoms with van der Waals surface area (Å²) in [5, 5.41) is 193. The fourth-order valence-corrected chi connectivity index (χ4v) is 11.5. The van der Waals surface area contributed by atoms with Gasteiger partial charge in [0.25, 0.3) is 5.79 Å². The van der Waals surface area contributed by atoms with Gasteiger partial charge in [-0.15, -0.1) is 0 Å². The number of aliphatic carboxylic acids is 1. The van der Waals surface area contributed by atoms with E-state index in [1.165, 1.54) is 57.9 Å². The first-order valence-electron chi connectivity index (χ1n) is 31.0. The zero-order chi connectivity index (χ0) is 67.4. The normalized spacial score (nSPS) is 38.6. The molecule has 28 atom stereocenters. The highest BCUT2D eigenvalue weighted by molar-refractivity contribution is 5.77. The molecule has 0 spiro atoms. The van der Waals surface area contributed by atoms with E-state index >= 15 is 0 Å². The third-order valence-corrected chi connectivity index (χ3v) is 16.6. The Kier molecular flexibility index (Phi) is 32.5. The van der Waals surface area contributed by atoms with Crippen LogP contribution in [0.3, 0.4) is 0 Å². The Bertz CT molecular complexity index is 2210. The van der Waals surface area contributed by atoms with E-state index in [0.29, 0.717) is 6.42 Å². The number of hydrogen-bond acceptors (Lipinski definition) is 30. The molecule has 3 amide bonds. The number of aliphatic hydroxyl groups excluding tert-OH is 16. The smallest absolute Gasteiger partial charge is 0.364 e. The van der Waals surface area contributed by atoms with Gasteiger partial charge in [-0.3, -0.25) is 14.4 Å². The number of carboxylic acids is 1. The van der Waals surface area contributed by atoms with E-state index in [2.05, 4.69) is 22.9 Å². The lowest BCUT2D eigenvalue weighted by Gasteiger charge is -2.51. The van der Waals surface area contributed by atoms with Gasteiger partial charge < -0.3 is 150 Å². The highest BCUT2D eigenvalue weighted by Gasteiger charge is 2.59. The summed E-state index contributed by atoms with van der Waals surface area (Å²) in [6, 6.07) is -4.62. The molecule has 5 saturated heterocycles. The standard InChI is InChI=1S/C57H99N3O31/c1-5-6-7-8-9-10-11-12-13-14-15-16-17-18-30(68)29(58-26(2)65)24-82-53-46(78)43(75)49(34(22-63)85-53)89-55-47(79)44(76)48(35(23-64)86-55)88-52-38(60-28(4)67)50(90-54-45(77)42(74)40(72)33(21-62)84-54)41(73)36(87-52)25-83-57(56(80)81)19-31(69)37(59-27(3)66)51(91-57)39(71)32(70)20-61/h17-18,29-55,61-64,68-79H,5-16,19-25H2,1-4H3,(H,58,65)(H,59,66)(H,60,67)(H,80,81)/b18-17+/t29-,30+,31-,32+,33+,34+,35+,36+,37+,38+,39+,40-,41-,42-,43+,44+,45+,46+,47+,48-,49+,50+,51+,52-,53+,54-,55-,57+/m0/s1. The number of carbonyl (C=O) groups is 4. The van der Waals surface area contributed by atoms with Crippen molar-refractivity contribution in [3.63, 3.8) is 0 Å². The first-order chi connectivity index (χ1) is 43.2. The average Bonchev–Trinajstić information content (AvgIpc) is 0.800. The largest absolute Gasteiger partial charge is 0.477 e. The SMILES string of the molecule is CCCCCCCCCCCCC/C=C/[C@@H](O)[C@H](CO[C@@H]1O[C@H](CO)[C@@H](O[C@@H]2O[C@H](CO)[C@H](O[C@@H]3O[C@H](CO[C@]4(C(=O)O)C[C@H](O)[C@@H](NC(C)=O)[C@H]([C@H](O)[C@H](O)CO)O4)[C@H](O)[C@H](O[C@@H]4O[C@H](CO)[C@H](O)[C@H](O)[C@H]4O)[C@H]3NC(C)=O)[C@H](O)[C@H]2O)[C@H](O)[C@H]1O)NC(C)=O. The second kappa shape index (κ2) is 37.8. The van der Waals surface area contributed by atoms with Gasteiger partial charge in [-0.25, -0.2) is 4.79 Å². The number of hydrogen-bond donors (Lipinski definition) is 20. The number of rotatable bonds is 36. The van der Waals surface area contributed by atoms with Crippen LogP contribution in [0.4, 0.5) is 0 Å². The lowest BCUT2D eigenvalue weighted by molar-refractivity contribution is -0.383. The van der Waals surface area contributed by atoms with Gasteiger partial charge >= 0.3 is 5.97 Å². The maximum absolute atomic E-state index is 13.1.